The van der Waals surface area contributed by atoms with Gasteiger partial charge in [-0.25, -0.2) is 9.78 Å². The summed E-state index contributed by atoms with van der Waals surface area (Å²) in [7, 11) is 1.25. The zero-order valence-corrected chi connectivity index (χ0v) is 8.46. The fraction of sp³-hybridized carbons (Fsp3) is 0.222. The van der Waals surface area contributed by atoms with Crippen LogP contribution in [0.3, 0.4) is 0 Å². The molecule has 0 aromatic carbocycles. The van der Waals surface area contributed by atoms with Crippen molar-refractivity contribution in [3.8, 4) is 0 Å². The highest BCUT2D eigenvalue weighted by Gasteiger charge is 2.12. The Balaban J connectivity index is 3.19. The molecule has 0 aliphatic carbocycles. The van der Waals surface area contributed by atoms with E-state index < -0.39 is 5.97 Å². The van der Waals surface area contributed by atoms with Gasteiger partial charge >= 0.3 is 5.97 Å². The number of ether oxygens (including phenoxy) is 1. The van der Waals surface area contributed by atoms with Crippen molar-refractivity contribution in [3.05, 3.63) is 28.5 Å². The van der Waals surface area contributed by atoms with E-state index >= 15 is 0 Å². The molecule has 1 heterocycles. The maximum atomic E-state index is 11.1. The van der Waals surface area contributed by atoms with Crippen molar-refractivity contribution in [2.75, 3.05) is 7.11 Å². The van der Waals surface area contributed by atoms with Gasteiger partial charge < -0.3 is 4.74 Å². The molecular formula is C9H8ClNO3. The van der Waals surface area contributed by atoms with Crippen LogP contribution in [0.5, 0.6) is 0 Å². The number of carbonyl (C=O) groups excluding carboxylic acids is 2. The first kappa shape index (κ1) is 10.7. The summed E-state index contributed by atoms with van der Waals surface area (Å²) in [5.74, 6) is -0.787. The van der Waals surface area contributed by atoms with E-state index in [-0.39, 0.29) is 22.1 Å². The lowest BCUT2D eigenvalue weighted by molar-refractivity contribution is 0.0600. The van der Waals surface area contributed by atoms with Crippen molar-refractivity contribution in [1.82, 2.24) is 4.98 Å². The van der Waals surface area contributed by atoms with Gasteiger partial charge in [0.2, 0.25) is 0 Å². The zero-order chi connectivity index (χ0) is 10.7. The second-order valence-electron chi connectivity index (χ2n) is 2.61. The summed E-state index contributed by atoms with van der Waals surface area (Å²) in [5, 5.41) is 0.0881. The predicted octanol–water partition coefficient (Wildman–Crippen LogP) is 1.72. The van der Waals surface area contributed by atoms with Crippen LogP contribution in [-0.2, 0) is 4.74 Å². The van der Waals surface area contributed by atoms with Gasteiger partial charge in [-0.2, -0.15) is 0 Å². The number of nitrogens with zero attached hydrogens (tertiary/aromatic N) is 1. The molecule has 0 aliphatic rings. The number of aromatic nitrogens is 1. The molecule has 0 aliphatic heterocycles. The van der Waals surface area contributed by atoms with Crippen LogP contribution in [0.1, 0.15) is 27.6 Å². The smallest absolute Gasteiger partial charge is 0.339 e. The van der Waals surface area contributed by atoms with Crippen LogP contribution in [0.4, 0.5) is 0 Å². The molecule has 0 unspecified atom stereocenters. The number of hydrogen-bond donors (Lipinski definition) is 0. The molecule has 0 fully saturated rings. The highest BCUT2D eigenvalue weighted by Crippen LogP contribution is 2.15. The minimum atomic E-state index is -0.545. The molecule has 0 bridgehead atoms. The topological polar surface area (TPSA) is 56.3 Å². The van der Waals surface area contributed by atoms with Crippen molar-refractivity contribution >= 4 is 23.4 Å². The van der Waals surface area contributed by atoms with Crippen LogP contribution in [0.25, 0.3) is 0 Å². The van der Waals surface area contributed by atoms with Gasteiger partial charge in [0.15, 0.2) is 5.78 Å². The lowest BCUT2D eigenvalue weighted by atomic mass is 10.1. The number of Topliss-reactive ketones (excluding diaryl/α,β-unsaturated/α-hetero) is 1. The van der Waals surface area contributed by atoms with Crippen molar-refractivity contribution in [1.29, 1.82) is 0 Å². The summed E-state index contributed by atoms with van der Waals surface area (Å²) >= 11 is 5.66. The Kier molecular flexibility index (Phi) is 3.19. The number of pyridine rings is 1. The first-order valence-corrected chi connectivity index (χ1v) is 4.19. The normalized spacial score (nSPS) is 9.64. The van der Waals surface area contributed by atoms with Crippen molar-refractivity contribution in [2.45, 2.75) is 6.92 Å². The van der Waals surface area contributed by atoms with Gasteiger partial charge in [-0.05, 0) is 13.0 Å². The quantitative estimate of drug-likeness (QED) is 0.427. The Labute approximate surface area is 85.9 Å². The van der Waals surface area contributed by atoms with Gasteiger partial charge in [-0.3, -0.25) is 4.79 Å². The molecular weight excluding hydrogens is 206 g/mol. The third kappa shape index (κ3) is 2.09. The molecule has 0 atom stereocenters. The average molecular weight is 214 g/mol. The van der Waals surface area contributed by atoms with Crippen LogP contribution in [-0.4, -0.2) is 23.8 Å². The minimum absolute atomic E-state index is 0.0881. The van der Waals surface area contributed by atoms with E-state index in [0.29, 0.717) is 0 Å². The lowest BCUT2D eigenvalue weighted by Crippen LogP contribution is -2.05. The Morgan fingerprint density at radius 1 is 1.50 bits per heavy atom. The molecule has 5 heteroatoms. The van der Waals surface area contributed by atoms with E-state index in [1.807, 2.05) is 0 Å². The lowest BCUT2D eigenvalue weighted by Gasteiger charge is -2.02. The van der Waals surface area contributed by atoms with Gasteiger partial charge in [-0.15, -0.1) is 0 Å². The first-order chi connectivity index (χ1) is 6.56. The summed E-state index contributed by atoms with van der Waals surface area (Å²) in [6.45, 7) is 1.35. The van der Waals surface area contributed by atoms with E-state index in [4.69, 9.17) is 11.6 Å². The third-order valence-electron chi connectivity index (χ3n) is 1.64. The molecule has 4 nitrogen and oxygen atoms in total. The molecule has 0 N–H and O–H groups in total. The van der Waals surface area contributed by atoms with Gasteiger partial charge in [0.1, 0.15) is 5.15 Å². The highest BCUT2D eigenvalue weighted by molar-refractivity contribution is 6.32. The summed E-state index contributed by atoms with van der Waals surface area (Å²) in [4.78, 5) is 25.8. The largest absolute Gasteiger partial charge is 0.465 e. The maximum Gasteiger partial charge on any atom is 0.339 e. The predicted molar refractivity (Wildman–Crippen MR) is 50.6 cm³/mol. The summed E-state index contributed by atoms with van der Waals surface area (Å²) in [6, 6.07) is 1.36. The fourth-order valence-electron chi connectivity index (χ4n) is 0.924. The zero-order valence-electron chi connectivity index (χ0n) is 7.70. The van der Waals surface area contributed by atoms with E-state index in [9.17, 15) is 9.59 Å². The summed E-state index contributed by atoms with van der Waals surface area (Å²) < 4.78 is 4.48. The van der Waals surface area contributed by atoms with Gasteiger partial charge in [-0.1, -0.05) is 11.6 Å². The second kappa shape index (κ2) is 4.19. The summed E-state index contributed by atoms with van der Waals surface area (Å²) in [5.41, 5.74) is 0.427. The van der Waals surface area contributed by atoms with Gasteiger partial charge in [0.05, 0.1) is 18.2 Å². The van der Waals surface area contributed by atoms with Crippen LogP contribution in [0.2, 0.25) is 5.15 Å². The molecule has 0 radical (unpaired) electrons. The first-order valence-electron chi connectivity index (χ1n) is 3.81. The van der Waals surface area contributed by atoms with E-state index in [2.05, 4.69) is 9.72 Å². The highest BCUT2D eigenvalue weighted by atomic mass is 35.5. The van der Waals surface area contributed by atoms with Crippen LogP contribution >= 0.6 is 11.6 Å². The van der Waals surface area contributed by atoms with Crippen LogP contribution in [0.15, 0.2) is 12.3 Å². The molecule has 0 saturated heterocycles. The van der Waals surface area contributed by atoms with Crippen molar-refractivity contribution in [2.24, 2.45) is 0 Å². The molecule has 0 saturated carbocycles. The minimum Gasteiger partial charge on any atom is -0.465 e. The monoisotopic (exact) mass is 213 g/mol. The van der Waals surface area contributed by atoms with Crippen LogP contribution < -0.4 is 0 Å². The number of carbonyl (C=O) groups is 2. The Hall–Kier alpha value is -1.42. The Bertz CT molecular complexity index is 390. The van der Waals surface area contributed by atoms with Gasteiger partial charge in [0, 0.05) is 6.20 Å². The SMILES string of the molecule is COC(=O)c1cnc(Cl)c(C(C)=O)c1. The average Bonchev–Trinajstić information content (AvgIpc) is 2.17. The molecule has 14 heavy (non-hydrogen) atoms. The molecule has 0 amide bonds. The van der Waals surface area contributed by atoms with E-state index in [0.717, 1.165) is 0 Å². The van der Waals surface area contributed by atoms with E-state index in [1.165, 1.54) is 26.3 Å². The second-order valence-corrected chi connectivity index (χ2v) is 2.97. The Morgan fingerprint density at radius 3 is 2.64 bits per heavy atom. The summed E-state index contributed by atoms with van der Waals surface area (Å²) in [6.07, 6.45) is 1.26. The van der Waals surface area contributed by atoms with E-state index in [1.54, 1.807) is 0 Å². The molecule has 1 rings (SSSR count). The Morgan fingerprint density at radius 2 is 2.14 bits per heavy atom. The van der Waals surface area contributed by atoms with Crippen molar-refractivity contribution < 1.29 is 14.3 Å². The van der Waals surface area contributed by atoms with Gasteiger partial charge in [0.25, 0.3) is 0 Å². The fourth-order valence-corrected chi connectivity index (χ4v) is 1.16. The molecule has 0 spiro atoms. The molecule has 1 aromatic heterocycles. The third-order valence-corrected chi connectivity index (χ3v) is 1.94. The van der Waals surface area contributed by atoms with Crippen molar-refractivity contribution in [3.63, 3.8) is 0 Å². The molecule has 1 aromatic rings. The number of ketones is 1. The van der Waals surface area contributed by atoms with Crippen LogP contribution in [0, 0.1) is 0 Å². The molecule has 74 valence electrons. The number of esters is 1. The number of halogens is 1. The number of methoxy groups -OCH3 is 1. The standard InChI is InChI=1S/C9H8ClNO3/c1-5(12)7-3-6(9(13)14-2)4-11-8(7)10/h3-4H,1-2H3. The number of hydrogen-bond acceptors (Lipinski definition) is 4. The maximum absolute atomic E-state index is 11.1. The number of rotatable bonds is 2.